The molecule has 0 spiro atoms. The van der Waals surface area contributed by atoms with Crippen molar-refractivity contribution < 1.29 is 4.74 Å². The SMILES string of the molecule is COc1ccc(-c2cnc3cnc(-c4cccc(C#N)c4)cn23)cc1. The van der Waals surface area contributed by atoms with Crippen molar-refractivity contribution in [2.24, 2.45) is 0 Å². The van der Waals surface area contributed by atoms with Crippen LogP contribution in [-0.4, -0.2) is 21.5 Å². The molecule has 5 heteroatoms. The van der Waals surface area contributed by atoms with Crippen LogP contribution >= 0.6 is 0 Å². The van der Waals surface area contributed by atoms with Gasteiger partial charge in [0.05, 0.1) is 42.5 Å². The second kappa shape index (κ2) is 6.10. The average molecular weight is 326 g/mol. The standard InChI is InChI=1S/C20H14N4O/c1-25-17-7-5-15(6-8-17)19-11-23-20-12-22-18(13-24(19)20)16-4-2-3-14(9-16)10-21/h2-9,11-13H,1H3. The second-order valence-electron chi connectivity index (χ2n) is 5.57. The Morgan fingerprint density at radius 2 is 1.84 bits per heavy atom. The van der Waals surface area contributed by atoms with E-state index < -0.39 is 0 Å². The normalized spacial score (nSPS) is 10.6. The van der Waals surface area contributed by atoms with Crippen molar-refractivity contribution in [1.29, 1.82) is 5.26 Å². The molecule has 4 aromatic rings. The Morgan fingerprint density at radius 1 is 1.00 bits per heavy atom. The van der Waals surface area contributed by atoms with Crippen molar-refractivity contribution in [3.05, 3.63) is 72.7 Å². The molecule has 5 nitrogen and oxygen atoms in total. The molecule has 0 fully saturated rings. The minimum absolute atomic E-state index is 0.611. The lowest BCUT2D eigenvalue weighted by molar-refractivity contribution is 0.415. The quantitative estimate of drug-likeness (QED) is 0.572. The van der Waals surface area contributed by atoms with Gasteiger partial charge >= 0.3 is 0 Å². The summed E-state index contributed by atoms with van der Waals surface area (Å²) >= 11 is 0. The maximum absolute atomic E-state index is 9.09. The fraction of sp³-hybridized carbons (Fsp3) is 0.0500. The lowest BCUT2D eigenvalue weighted by atomic mass is 10.1. The van der Waals surface area contributed by atoms with Crippen LogP contribution in [0.3, 0.4) is 0 Å². The van der Waals surface area contributed by atoms with Crippen LogP contribution < -0.4 is 4.74 Å². The van der Waals surface area contributed by atoms with Crippen LogP contribution in [0.5, 0.6) is 5.75 Å². The highest BCUT2D eigenvalue weighted by molar-refractivity contribution is 5.67. The first-order valence-corrected chi connectivity index (χ1v) is 7.76. The van der Waals surface area contributed by atoms with Crippen LogP contribution in [0.4, 0.5) is 0 Å². The third-order valence-corrected chi connectivity index (χ3v) is 4.07. The molecule has 0 aliphatic rings. The minimum Gasteiger partial charge on any atom is -0.497 e. The van der Waals surface area contributed by atoms with Gasteiger partial charge in [0.2, 0.25) is 0 Å². The molecule has 0 amide bonds. The number of nitrogens with zero attached hydrogens (tertiary/aromatic N) is 4. The van der Waals surface area contributed by atoms with Gasteiger partial charge in [-0.25, -0.2) is 4.98 Å². The molecule has 25 heavy (non-hydrogen) atoms. The number of aromatic nitrogens is 3. The van der Waals surface area contributed by atoms with Crippen LogP contribution in [0.2, 0.25) is 0 Å². The summed E-state index contributed by atoms with van der Waals surface area (Å²) in [6.45, 7) is 0. The Balaban J connectivity index is 1.83. The largest absolute Gasteiger partial charge is 0.497 e. The Hall–Kier alpha value is -3.65. The molecule has 0 N–H and O–H groups in total. The van der Waals surface area contributed by atoms with Gasteiger partial charge in [-0.3, -0.25) is 9.38 Å². The van der Waals surface area contributed by atoms with E-state index in [9.17, 15) is 0 Å². The summed E-state index contributed by atoms with van der Waals surface area (Å²) in [5.41, 5.74) is 5.08. The Bertz CT molecular complexity index is 1090. The van der Waals surface area contributed by atoms with Crippen LogP contribution in [-0.2, 0) is 0 Å². The van der Waals surface area contributed by atoms with E-state index in [-0.39, 0.29) is 0 Å². The Morgan fingerprint density at radius 3 is 2.60 bits per heavy atom. The summed E-state index contributed by atoms with van der Waals surface area (Å²) in [6, 6.07) is 17.4. The maximum Gasteiger partial charge on any atom is 0.155 e. The van der Waals surface area contributed by atoms with Gasteiger partial charge in [0.15, 0.2) is 5.65 Å². The van der Waals surface area contributed by atoms with Crippen molar-refractivity contribution >= 4 is 5.65 Å². The molecule has 2 aromatic heterocycles. The molecule has 0 saturated carbocycles. The van der Waals surface area contributed by atoms with Crippen molar-refractivity contribution in [2.45, 2.75) is 0 Å². The fourth-order valence-corrected chi connectivity index (χ4v) is 2.76. The van der Waals surface area contributed by atoms with Gasteiger partial charge in [0, 0.05) is 17.3 Å². The minimum atomic E-state index is 0.611. The lowest BCUT2D eigenvalue weighted by Gasteiger charge is -2.06. The second-order valence-corrected chi connectivity index (χ2v) is 5.57. The predicted octanol–water partition coefficient (Wildman–Crippen LogP) is 3.94. The zero-order valence-corrected chi connectivity index (χ0v) is 13.5. The summed E-state index contributed by atoms with van der Waals surface area (Å²) in [4.78, 5) is 8.90. The monoisotopic (exact) mass is 326 g/mol. The highest BCUT2D eigenvalue weighted by atomic mass is 16.5. The molecule has 120 valence electrons. The summed E-state index contributed by atoms with van der Waals surface area (Å²) < 4.78 is 7.22. The number of hydrogen-bond acceptors (Lipinski definition) is 4. The molecular formula is C20H14N4O. The average Bonchev–Trinajstić information content (AvgIpc) is 3.11. The van der Waals surface area contributed by atoms with Gasteiger partial charge in [-0.2, -0.15) is 5.26 Å². The fourth-order valence-electron chi connectivity index (χ4n) is 2.76. The highest BCUT2D eigenvalue weighted by Crippen LogP contribution is 2.25. The summed E-state index contributed by atoms with van der Waals surface area (Å²) in [5.74, 6) is 0.813. The zero-order valence-electron chi connectivity index (χ0n) is 13.5. The molecule has 0 bridgehead atoms. The van der Waals surface area contributed by atoms with E-state index >= 15 is 0 Å². The maximum atomic E-state index is 9.09. The molecule has 2 aromatic carbocycles. The zero-order chi connectivity index (χ0) is 17.2. The topological polar surface area (TPSA) is 63.2 Å². The molecule has 0 unspecified atom stereocenters. The van der Waals surface area contributed by atoms with Crippen LogP contribution in [0.15, 0.2) is 67.1 Å². The number of ether oxygens (including phenoxy) is 1. The van der Waals surface area contributed by atoms with Gasteiger partial charge < -0.3 is 4.74 Å². The van der Waals surface area contributed by atoms with Gasteiger partial charge in [0.25, 0.3) is 0 Å². The summed E-state index contributed by atoms with van der Waals surface area (Å²) in [7, 11) is 1.65. The molecule has 0 aliphatic heterocycles. The van der Waals surface area contributed by atoms with E-state index in [1.807, 2.05) is 59.3 Å². The molecule has 0 radical (unpaired) electrons. The predicted molar refractivity (Wildman–Crippen MR) is 95.1 cm³/mol. The van der Waals surface area contributed by atoms with E-state index in [0.717, 1.165) is 33.9 Å². The van der Waals surface area contributed by atoms with Crippen molar-refractivity contribution in [2.75, 3.05) is 7.11 Å². The van der Waals surface area contributed by atoms with Gasteiger partial charge in [-0.15, -0.1) is 0 Å². The van der Waals surface area contributed by atoms with Crippen LogP contribution in [0.25, 0.3) is 28.2 Å². The third kappa shape index (κ3) is 2.70. The number of imidazole rings is 1. The van der Waals surface area contributed by atoms with E-state index in [1.54, 1.807) is 19.4 Å². The van der Waals surface area contributed by atoms with E-state index in [2.05, 4.69) is 16.0 Å². The number of methoxy groups -OCH3 is 1. The summed E-state index contributed by atoms with van der Waals surface area (Å²) in [6.07, 6.45) is 5.51. The first kappa shape index (κ1) is 14.9. The van der Waals surface area contributed by atoms with E-state index in [1.165, 1.54) is 0 Å². The molecule has 0 saturated heterocycles. The molecule has 0 aliphatic carbocycles. The van der Waals surface area contributed by atoms with E-state index in [0.29, 0.717) is 5.56 Å². The number of nitriles is 1. The van der Waals surface area contributed by atoms with Crippen molar-refractivity contribution in [3.8, 4) is 34.3 Å². The smallest absolute Gasteiger partial charge is 0.155 e. The number of fused-ring (bicyclic) bond motifs is 1. The van der Waals surface area contributed by atoms with E-state index in [4.69, 9.17) is 10.00 Å². The molecule has 2 heterocycles. The third-order valence-electron chi connectivity index (χ3n) is 4.07. The summed E-state index contributed by atoms with van der Waals surface area (Å²) in [5, 5.41) is 9.09. The number of benzene rings is 2. The molecule has 4 rings (SSSR count). The van der Waals surface area contributed by atoms with Gasteiger partial charge in [0.1, 0.15) is 5.75 Å². The number of hydrogen-bond donors (Lipinski definition) is 0. The lowest BCUT2D eigenvalue weighted by Crippen LogP contribution is -1.93. The van der Waals surface area contributed by atoms with Crippen LogP contribution in [0, 0.1) is 11.3 Å². The van der Waals surface area contributed by atoms with Gasteiger partial charge in [-0.1, -0.05) is 12.1 Å². The highest BCUT2D eigenvalue weighted by Gasteiger charge is 2.09. The Labute approximate surface area is 144 Å². The van der Waals surface area contributed by atoms with Gasteiger partial charge in [-0.05, 0) is 36.4 Å². The first-order chi connectivity index (χ1) is 12.3. The molecule has 0 atom stereocenters. The van der Waals surface area contributed by atoms with Crippen molar-refractivity contribution in [3.63, 3.8) is 0 Å². The number of rotatable bonds is 3. The van der Waals surface area contributed by atoms with Crippen molar-refractivity contribution in [1.82, 2.24) is 14.4 Å². The van der Waals surface area contributed by atoms with Crippen LogP contribution in [0.1, 0.15) is 5.56 Å². The Kier molecular flexibility index (Phi) is 3.64. The first-order valence-electron chi connectivity index (χ1n) is 7.76. The molecular weight excluding hydrogens is 312 g/mol.